The van der Waals surface area contributed by atoms with Crippen molar-refractivity contribution in [2.24, 2.45) is 0 Å². The first-order chi connectivity index (χ1) is 20.8. The molecule has 0 radical (unpaired) electrons. The second-order valence-corrected chi connectivity index (χ2v) is 11.4. The number of fused-ring (bicyclic) bond motifs is 15. The van der Waals surface area contributed by atoms with Crippen LogP contribution in [0, 0.1) is 0 Å². The summed E-state index contributed by atoms with van der Waals surface area (Å²) in [5, 5.41) is 8.67. The van der Waals surface area contributed by atoms with Crippen molar-refractivity contribution in [2.45, 2.75) is 6.42 Å². The number of hydrogen-bond acceptors (Lipinski definition) is 3. The summed E-state index contributed by atoms with van der Waals surface area (Å²) in [6.07, 6.45) is 0.821. The van der Waals surface area contributed by atoms with Crippen LogP contribution in [-0.4, -0.2) is 14.5 Å². The fraction of sp³-hybridized carbons (Fsp3) is 0.0270. The highest BCUT2D eigenvalue weighted by Crippen LogP contribution is 2.50. The van der Waals surface area contributed by atoms with Gasteiger partial charge in [0.05, 0.1) is 11.0 Å². The van der Waals surface area contributed by atoms with Crippen LogP contribution in [0.3, 0.4) is 0 Å². The molecule has 0 spiro atoms. The van der Waals surface area contributed by atoms with Crippen molar-refractivity contribution in [2.75, 3.05) is 0 Å². The Bertz CT molecular complexity index is 2630. The highest BCUT2D eigenvalue weighted by atomic mass is 35.5. The normalized spacial score (nSPS) is 12.8. The van der Waals surface area contributed by atoms with Gasteiger partial charge >= 0.3 is 0 Å². The fourth-order valence-corrected chi connectivity index (χ4v) is 7.48. The lowest BCUT2D eigenvalue weighted by molar-refractivity contribution is 0.651. The lowest BCUT2D eigenvalue weighted by Gasteiger charge is -2.13. The number of halogens is 1. The molecule has 0 amide bonds. The van der Waals surface area contributed by atoms with Crippen molar-refractivity contribution in [3.05, 3.63) is 125 Å². The van der Waals surface area contributed by atoms with Gasteiger partial charge in [0.1, 0.15) is 11.1 Å². The third-order valence-corrected chi connectivity index (χ3v) is 9.21. The van der Waals surface area contributed by atoms with Gasteiger partial charge in [-0.15, -0.1) is 0 Å². The number of furan rings is 1. The molecule has 10 rings (SSSR count). The third kappa shape index (κ3) is 2.77. The summed E-state index contributed by atoms with van der Waals surface area (Å²) in [7, 11) is 0. The van der Waals surface area contributed by atoms with Crippen LogP contribution < -0.4 is 0 Å². The number of para-hydroxylation sites is 2. The van der Waals surface area contributed by atoms with Crippen molar-refractivity contribution in [1.82, 2.24) is 14.5 Å². The predicted molar refractivity (Wildman–Crippen MR) is 172 cm³/mol. The number of hydrogen-bond donors (Lipinski definition) is 0. The molecule has 6 aromatic carbocycles. The van der Waals surface area contributed by atoms with E-state index in [-0.39, 0.29) is 0 Å². The minimum Gasteiger partial charge on any atom is -0.436 e. The van der Waals surface area contributed by atoms with Crippen molar-refractivity contribution in [1.29, 1.82) is 0 Å². The van der Waals surface area contributed by atoms with Crippen LogP contribution in [0.2, 0.25) is 5.15 Å². The standard InChI is InChI=1S/C37H20ClN3O/c38-35-36(40-37-33(39-35)26-14-6-8-16-30(26)42-37)41-29-15-7-5-13-25(29)32-23-12-4-3-11-22(23)31-24-18-17-20-9-1-2-10-21(20)27(24)19-28(31)34(32)41/h1-18H,19H2. The van der Waals surface area contributed by atoms with E-state index in [1.807, 2.05) is 24.3 Å². The van der Waals surface area contributed by atoms with E-state index in [2.05, 4.69) is 89.5 Å². The first kappa shape index (κ1) is 22.5. The molecule has 0 aliphatic heterocycles. The van der Waals surface area contributed by atoms with Crippen molar-refractivity contribution in [3.63, 3.8) is 0 Å². The van der Waals surface area contributed by atoms with Gasteiger partial charge in [-0.1, -0.05) is 103 Å². The van der Waals surface area contributed by atoms with E-state index >= 15 is 0 Å². The topological polar surface area (TPSA) is 43.9 Å². The molecule has 0 fully saturated rings. The van der Waals surface area contributed by atoms with Gasteiger partial charge in [-0.2, -0.15) is 4.98 Å². The number of rotatable bonds is 1. The van der Waals surface area contributed by atoms with E-state index in [4.69, 9.17) is 26.0 Å². The molecule has 5 heteroatoms. The monoisotopic (exact) mass is 557 g/mol. The maximum Gasteiger partial charge on any atom is 0.248 e. The fourth-order valence-electron chi connectivity index (χ4n) is 7.27. The Kier molecular flexibility index (Phi) is 4.27. The summed E-state index contributed by atoms with van der Waals surface area (Å²) >= 11 is 7.05. The molecule has 0 saturated carbocycles. The first-order valence-corrected chi connectivity index (χ1v) is 14.5. The highest BCUT2D eigenvalue weighted by molar-refractivity contribution is 6.32. The van der Waals surface area contributed by atoms with E-state index in [9.17, 15) is 0 Å². The summed E-state index contributed by atoms with van der Waals surface area (Å²) in [6, 6.07) is 38.4. The van der Waals surface area contributed by atoms with E-state index in [0.717, 1.165) is 33.8 Å². The molecule has 0 N–H and O–H groups in total. The van der Waals surface area contributed by atoms with Gasteiger partial charge in [-0.05, 0) is 62.0 Å². The van der Waals surface area contributed by atoms with Crippen LogP contribution >= 0.6 is 11.6 Å². The molecule has 0 saturated heterocycles. The first-order valence-electron chi connectivity index (χ1n) is 14.1. The van der Waals surface area contributed by atoms with E-state index in [0.29, 0.717) is 22.2 Å². The molecule has 3 aromatic heterocycles. The van der Waals surface area contributed by atoms with Crippen LogP contribution in [0.5, 0.6) is 0 Å². The Labute approximate surface area is 244 Å². The van der Waals surface area contributed by atoms with Crippen LogP contribution in [0.1, 0.15) is 11.1 Å². The number of aromatic nitrogens is 3. The summed E-state index contributed by atoms with van der Waals surface area (Å²) < 4.78 is 8.40. The summed E-state index contributed by atoms with van der Waals surface area (Å²) in [5.74, 6) is 0.577. The molecule has 0 bridgehead atoms. The van der Waals surface area contributed by atoms with Crippen molar-refractivity contribution >= 4 is 77.2 Å². The molecule has 0 atom stereocenters. The zero-order valence-corrected chi connectivity index (χ0v) is 23.0. The number of benzene rings is 6. The SMILES string of the molecule is Clc1nc2c(nc1-n1c3ccccc3c3c4ccccc4c4c(c31)Cc1c-4ccc3ccccc13)oc1ccccc12. The molecule has 0 unspecified atom stereocenters. The van der Waals surface area contributed by atoms with Crippen molar-refractivity contribution < 1.29 is 4.42 Å². The Hall–Kier alpha value is -5.19. The summed E-state index contributed by atoms with van der Waals surface area (Å²) in [6.45, 7) is 0. The lowest BCUT2D eigenvalue weighted by Crippen LogP contribution is -2.02. The van der Waals surface area contributed by atoms with E-state index < -0.39 is 0 Å². The summed E-state index contributed by atoms with van der Waals surface area (Å²) in [4.78, 5) is 9.92. The zero-order chi connectivity index (χ0) is 27.5. The van der Waals surface area contributed by atoms with Crippen LogP contribution in [0.4, 0.5) is 0 Å². The van der Waals surface area contributed by atoms with E-state index in [1.165, 1.54) is 49.2 Å². The second-order valence-electron chi connectivity index (χ2n) is 11.1. The van der Waals surface area contributed by atoms with E-state index in [1.54, 1.807) is 0 Å². The van der Waals surface area contributed by atoms with Crippen LogP contribution in [-0.2, 0) is 6.42 Å². The zero-order valence-electron chi connectivity index (χ0n) is 22.2. The molecule has 1 aliphatic rings. The molecule has 9 aromatic rings. The van der Waals surface area contributed by atoms with Gasteiger partial charge in [-0.25, -0.2) is 4.98 Å². The number of nitrogens with zero attached hydrogens (tertiary/aromatic N) is 3. The maximum atomic E-state index is 7.05. The summed E-state index contributed by atoms with van der Waals surface area (Å²) in [5.41, 5.74) is 9.30. The predicted octanol–water partition coefficient (Wildman–Crippen LogP) is 10.0. The Balaban J connectivity index is 1.40. The molecule has 196 valence electrons. The largest absolute Gasteiger partial charge is 0.436 e. The molecule has 42 heavy (non-hydrogen) atoms. The lowest BCUT2D eigenvalue weighted by atomic mass is 9.93. The third-order valence-electron chi connectivity index (χ3n) is 8.96. The van der Waals surface area contributed by atoms with Crippen LogP contribution in [0.25, 0.3) is 82.5 Å². The van der Waals surface area contributed by atoms with Gasteiger partial charge in [0.15, 0.2) is 11.0 Å². The second kappa shape index (κ2) is 7.96. The Morgan fingerprint density at radius 3 is 2.24 bits per heavy atom. The average molecular weight is 558 g/mol. The highest BCUT2D eigenvalue weighted by Gasteiger charge is 2.30. The quantitative estimate of drug-likeness (QED) is 0.202. The molecule has 3 heterocycles. The minimum absolute atomic E-state index is 0.347. The minimum atomic E-state index is 0.347. The van der Waals surface area contributed by atoms with Gasteiger partial charge < -0.3 is 4.42 Å². The van der Waals surface area contributed by atoms with Gasteiger partial charge in [0.2, 0.25) is 5.71 Å². The molecular weight excluding hydrogens is 538 g/mol. The molecule has 1 aliphatic carbocycles. The Morgan fingerprint density at radius 1 is 0.643 bits per heavy atom. The molecule has 4 nitrogen and oxygen atoms in total. The smallest absolute Gasteiger partial charge is 0.248 e. The van der Waals surface area contributed by atoms with Crippen molar-refractivity contribution in [3.8, 4) is 16.9 Å². The van der Waals surface area contributed by atoms with Crippen LogP contribution in [0.15, 0.2) is 114 Å². The van der Waals surface area contributed by atoms with Gasteiger partial charge in [0, 0.05) is 22.6 Å². The maximum absolute atomic E-state index is 7.05. The van der Waals surface area contributed by atoms with Gasteiger partial charge in [0.25, 0.3) is 0 Å². The Morgan fingerprint density at radius 2 is 1.36 bits per heavy atom. The molecular formula is C37H20ClN3O. The van der Waals surface area contributed by atoms with Gasteiger partial charge in [-0.3, -0.25) is 4.57 Å². The average Bonchev–Trinajstić information content (AvgIpc) is 3.71.